The van der Waals surface area contributed by atoms with Gasteiger partial charge in [0, 0.05) is 17.5 Å². The second-order valence-electron chi connectivity index (χ2n) is 6.46. The Balaban J connectivity index is 2.05. The minimum Gasteiger partial charge on any atom is -0.490 e. The molecule has 0 unspecified atom stereocenters. The summed E-state index contributed by atoms with van der Waals surface area (Å²) < 4.78 is 11.6. The first-order chi connectivity index (χ1) is 11.6. The summed E-state index contributed by atoms with van der Waals surface area (Å²) in [6, 6.07) is 11.5. The van der Waals surface area contributed by atoms with Crippen LogP contribution in [0.3, 0.4) is 0 Å². The summed E-state index contributed by atoms with van der Waals surface area (Å²) in [4.78, 5) is 0. The van der Waals surface area contributed by atoms with Gasteiger partial charge in [-0.1, -0.05) is 12.1 Å². The van der Waals surface area contributed by atoms with Crippen molar-refractivity contribution in [2.45, 2.75) is 40.2 Å². The van der Waals surface area contributed by atoms with Crippen LogP contribution in [-0.2, 0) is 6.42 Å². The van der Waals surface area contributed by atoms with E-state index in [-0.39, 0.29) is 0 Å². The van der Waals surface area contributed by atoms with Crippen LogP contribution in [0.5, 0.6) is 11.5 Å². The minimum atomic E-state index is 0.336. The van der Waals surface area contributed by atoms with E-state index in [0.29, 0.717) is 19.3 Å². The lowest BCUT2D eigenvalue weighted by molar-refractivity contribution is -0.690. The molecule has 1 aliphatic heterocycles. The fourth-order valence-electron chi connectivity index (χ4n) is 3.47. The Hall–Kier alpha value is -2.00. The molecule has 1 heterocycles. The van der Waals surface area contributed by atoms with Crippen molar-refractivity contribution in [1.82, 2.24) is 0 Å². The maximum Gasteiger partial charge on any atom is 0.161 e. The predicted molar refractivity (Wildman–Crippen MR) is 97.0 cm³/mol. The molecule has 3 nitrogen and oxygen atoms in total. The maximum atomic E-state index is 5.84. The van der Waals surface area contributed by atoms with E-state index >= 15 is 0 Å². The average molecular weight is 326 g/mol. The zero-order valence-electron chi connectivity index (χ0n) is 15.2. The normalized spacial score (nSPS) is 16.6. The number of rotatable bonds is 5. The first-order valence-electron chi connectivity index (χ1n) is 8.97. The molecular weight excluding hydrogens is 298 g/mol. The predicted octanol–water partition coefficient (Wildman–Crippen LogP) is 3.31. The summed E-state index contributed by atoms with van der Waals surface area (Å²) in [6.07, 6.45) is 1.07. The molecule has 2 N–H and O–H groups in total. The van der Waals surface area contributed by atoms with Crippen LogP contribution in [-0.4, -0.2) is 19.8 Å². The molecule has 24 heavy (non-hydrogen) atoms. The molecule has 0 aliphatic carbocycles. The molecule has 2 aromatic rings. The van der Waals surface area contributed by atoms with E-state index in [9.17, 15) is 0 Å². The van der Waals surface area contributed by atoms with Crippen LogP contribution in [0.2, 0.25) is 0 Å². The first kappa shape index (κ1) is 16.8. The van der Waals surface area contributed by atoms with Crippen LogP contribution >= 0.6 is 0 Å². The molecule has 0 spiro atoms. The lowest BCUT2D eigenvalue weighted by atomic mass is 9.88. The summed E-state index contributed by atoms with van der Waals surface area (Å²) in [5.41, 5.74) is 6.80. The van der Waals surface area contributed by atoms with Crippen molar-refractivity contribution >= 4 is 0 Å². The molecule has 0 bridgehead atoms. The van der Waals surface area contributed by atoms with Crippen LogP contribution in [0.15, 0.2) is 30.3 Å². The lowest BCUT2D eigenvalue weighted by Crippen LogP contribution is -2.87. The van der Waals surface area contributed by atoms with Crippen molar-refractivity contribution in [2.24, 2.45) is 0 Å². The van der Waals surface area contributed by atoms with Crippen molar-refractivity contribution in [3.63, 3.8) is 0 Å². The van der Waals surface area contributed by atoms with E-state index in [4.69, 9.17) is 9.47 Å². The Morgan fingerprint density at radius 2 is 1.67 bits per heavy atom. The Kier molecular flexibility index (Phi) is 5.10. The fourth-order valence-corrected chi connectivity index (χ4v) is 3.47. The summed E-state index contributed by atoms with van der Waals surface area (Å²) in [7, 11) is 0. The summed E-state index contributed by atoms with van der Waals surface area (Å²) in [6.45, 7) is 10.8. The molecular formula is C21H28NO2+. The van der Waals surface area contributed by atoms with Gasteiger partial charge >= 0.3 is 0 Å². The van der Waals surface area contributed by atoms with Crippen molar-refractivity contribution in [3.8, 4) is 11.5 Å². The highest BCUT2D eigenvalue weighted by Gasteiger charge is 2.27. The number of aryl methyl sites for hydroxylation is 2. The van der Waals surface area contributed by atoms with Crippen molar-refractivity contribution in [2.75, 3.05) is 19.8 Å². The molecule has 3 rings (SSSR count). The number of nitrogens with two attached hydrogens (primary N) is 1. The third-order valence-corrected chi connectivity index (χ3v) is 4.85. The van der Waals surface area contributed by atoms with Crippen molar-refractivity contribution in [3.05, 3.63) is 58.1 Å². The summed E-state index contributed by atoms with van der Waals surface area (Å²) in [5, 5.41) is 2.43. The lowest BCUT2D eigenvalue weighted by Gasteiger charge is -2.26. The first-order valence-corrected chi connectivity index (χ1v) is 8.97. The molecule has 0 fully saturated rings. The number of fused-ring (bicyclic) bond motifs is 1. The standard InChI is InChI=1S/C21H27NO2/c1-5-23-19-12-16-9-10-22-21(18(16)13-20(19)24-6-2)17-8-7-14(3)15(4)11-17/h7-8,11-13,21-22H,5-6,9-10H2,1-4H3/p+1/t21-/m0/s1. The molecule has 0 saturated carbocycles. The van der Waals surface area contributed by atoms with Gasteiger partial charge in [0.25, 0.3) is 0 Å². The number of hydrogen-bond acceptors (Lipinski definition) is 2. The minimum absolute atomic E-state index is 0.336. The Morgan fingerprint density at radius 1 is 0.958 bits per heavy atom. The molecule has 3 heteroatoms. The second-order valence-corrected chi connectivity index (χ2v) is 6.46. The van der Waals surface area contributed by atoms with Gasteiger partial charge in [-0.25, -0.2) is 0 Å². The number of hydrogen-bond donors (Lipinski definition) is 1. The molecule has 1 aliphatic rings. The van der Waals surface area contributed by atoms with Gasteiger partial charge in [0.2, 0.25) is 0 Å². The molecule has 0 aromatic heterocycles. The Morgan fingerprint density at radius 3 is 2.33 bits per heavy atom. The average Bonchev–Trinajstić information content (AvgIpc) is 2.58. The van der Waals surface area contributed by atoms with E-state index < -0.39 is 0 Å². The van der Waals surface area contributed by atoms with E-state index in [2.05, 4.69) is 49.5 Å². The molecule has 2 aromatic carbocycles. The zero-order chi connectivity index (χ0) is 17.1. The Bertz CT molecular complexity index is 724. The van der Waals surface area contributed by atoms with E-state index in [1.165, 1.54) is 27.8 Å². The van der Waals surface area contributed by atoms with Gasteiger partial charge in [-0.3, -0.25) is 0 Å². The fraction of sp³-hybridized carbons (Fsp3) is 0.429. The molecule has 1 atom stereocenters. The van der Waals surface area contributed by atoms with Crippen LogP contribution in [0.1, 0.15) is 47.7 Å². The van der Waals surface area contributed by atoms with Gasteiger partial charge in [-0.15, -0.1) is 0 Å². The highest BCUT2D eigenvalue weighted by Crippen LogP contribution is 2.36. The quantitative estimate of drug-likeness (QED) is 0.915. The molecule has 0 radical (unpaired) electrons. The van der Waals surface area contributed by atoms with Crippen molar-refractivity contribution in [1.29, 1.82) is 0 Å². The van der Waals surface area contributed by atoms with Gasteiger partial charge in [-0.2, -0.15) is 0 Å². The van der Waals surface area contributed by atoms with Crippen LogP contribution in [0, 0.1) is 13.8 Å². The maximum absolute atomic E-state index is 5.84. The smallest absolute Gasteiger partial charge is 0.161 e. The second kappa shape index (κ2) is 7.27. The van der Waals surface area contributed by atoms with Gasteiger partial charge in [0.1, 0.15) is 6.04 Å². The van der Waals surface area contributed by atoms with Crippen LogP contribution < -0.4 is 14.8 Å². The number of benzene rings is 2. The van der Waals surface area contributed by atoms with Crippen molar-refractivity contribution < 1.29 is 14.8 Å². The van der Waals surface area contributed by atoms with Gasteiger partial charge in [0.15, 0.2) is 11.5 Å². The molecule has 0 amide bonds. The third kappa shape index (κ3) is 3.27. The topological polar surface area (TPSA) is 35.1 Å². The Labute approximate surface area is 145 Å². The van der Waals surface area contributed by atoms with Gasteiger partial charge in [-0.05, 0) is 62.6 Å². The number of quaternary nitrogens is 1. The highest BCUT2D eigenvalue weighted by atomic mass is 16.5. The summed E-state index contributed by atoms with van der Waals surface area (Å²) >= 11 is 0. The zero-order valence-corrected chi connectivity index (χ0v) is 15.2. The van der Waals surface area contributed by atoms with Gasteiger partial charge in [0.05, 0.1) is 19.8 Å². The van der Waals surface area contributed by atoms with Gasteiger partial charge < -0.3 is 14.8 Å². The van der Waals surface area contributed by atoms with E-state index in [1.807, 2.05) is 13.8 Å². The molecule has 128 valence electrons. The van der Waals surface area contributed by atoms with Crippen LogP contribution in [0.25, 0.3) is 0 Å². The summed E-state index contributed by atoms with van der Waals surface area (Å²) in [5.74, 6) is 1.74. The number of ether oxygens (including phenoxy) is 2. The highest BCUT2D eigenvalue weighted by molar-refractivity contribution is 5.51. The van der Waals surface area contributed by atoms with E-state index in [0.717, 1.165) is 24.5 Å². The SMILES string of the molecule is CCOc1cc2c(cc1OCC)[C@H](c1ccc(C)c(C)c1)[NH2+]CC2. The van der Waals surface area contributed by atoms with E-state index in [1.54, 1.807) is 0 Å². The van der Waals surface area contributed by atoms with Crippen LogP contribution in [0.4, 0.5) is 0 Å². The monoisotopic (exact) mass is 326 g/mol. The third-order valence-electron chi connectivity index (χ3n) is 4.85. The molecule has 0 saturated heterocycles. The largest absolute Gasteiger partial charge is 0.490 e.